The third-order valence-corrected chi connectivity index (χ3v) is 7.62. The van der Waals surface area contributed by atoms with Gasteiger partial charge in [0.1, 0.15) is 11.4 Å². The Hall–Kier alpha value is -3.86. The maximum absolute atomic E-state index is 11.6. The number of hydrogen-bond donors (Lipinski definition) is 1. The summed E-state index contributed by atoms with van der Waals surface area (Å²) < 4.78 is 5.80. The van der Waals surface area contributed by atoms with Gasteiger partial charge in [0.25, 0.3) is 0 Å². The topological polar surface area (TPSA) is 66.6 Å². The Morgan fingerprint density at radius 2 is 1.43 bits per heavy atom. The fourth-order valence-electron chi connectivity index (χ4n) is 4.95. The van der Waals surface area contributed by atoms with Gasteiger partial charge in [-0.05, 0) is 61.8 Å². The summed E-state index contributed by atoms with van der Waals surface area (Å²) >= 11 is 0. The Labute approximate surface area is 239 Å². The molecule has 0 aliphatic heterocycles. The van der Waals surface area contributed by atoms with E-state index in [1.165, 1.54) is 5.56 Å². The van der Waals surface area contributed by atoms with Crippen molar-refractivity contribution in [1.82, 2.24) is 5.16 Å². The van der Waals surface area contributed by atoms with E-state index in [0.29, 0.717) is 18.9 Å². The van der Waals surface area contributed by atoms with Gasteiger partial charge in [-0.1, -0.05) is 112 Å². The van der Waals surface area contributed by atoms with E-state index in [4.69, 9.17) is 4.52 Å². The van der Waals surface area contributed by atoms with Crippen LogP contribution in [-0.4, -0.2) is 29.3 Å². The quantitative estimate of drug-likeness (QED) is 0.229. The van der Waals surface area contributed by atoms with E-state index >= 15 is 0 Å². The first-order valence-corrected chi connectivity index (χ1v) is 14.6. The van der Waals surface area contributed by atoms with Gasteiger partial charge in [0, 0.05) is 18.7 Å². The molecule has 5 rings (SSSR count). The van der Waals surface area contributed by atoms with Gasteiger partial charge in [-0.15, -0.1) is 0 Å². The maximum Gasteiger partial charge on any atom is 0.314 e. The molecule has 1 saturated carbocycles. The van der Waals surface area contributed by atoms with Gasteiger partial charge >= 0.3 is 5.97 Å². The van der Waals surface area contributed by atoms with Crippen LogP contribution >= 0.6 is 0 Å². The first kappa shape index (κ1) is 30.7. The number of rotatable bonds is 9. The minimum Gasteiger partial charge on any atom is -0.481 e. The Balaban J connectivity index is 0.00000106. The minimum absolute atomic E-state index is 0.320. The summed E-state index contributed by atoms with van der Waals surface area (Å²) in [6, 6.07) is 27.1. The Bertz CT molecular complexity index is 1340. The molecule has 3 aromatic carbocycles. The van der Waals surface area contributed by atoms with Crippen LogP contribution in [0.4, 0.5) is 5.69 Å². The number of carboxylic acid groups (broad SMARTS) is 1. The highest BCUT2D eigenvalue weighted by Crippen LogP contribution is 2.48. The summed E-state index contributed by atoms with van der Waals surface area (Å²) in [4.78, 5) is 13.9. The fourth-order valence-corrected chi connectivity index (χ4v) is 4.95. The SMILES string of the molecule is CC.CC.Cc1noc(-c2ccc(-c3ccc(C4(C(=O)O)CC4)cc3)cc2)c1N(C)C(C)CCc1ccccc1. The molecule has 1 fully saturated rings. The molecule has 5 heteroatoms. The molecule has 1 atom stereocenters. The zero-order valence-electron chi connectivity index (χ0n) is 25.1. The van der Waals surface area contributed by atoms with Crippen LogP contribution in [0.1, 0.15) is 70.7 Å². The van der Waals surface area contributed by atoms with E-state index in [9.17, 15) is 9.90 Å². The van der Waals surface area contributed by atoms with Crippen molar-refractivity contribution in [2.45, 2.75) is 78.7 Å². The molecule has 1 N–H and O–H groups in total. The van der Waals surface area contributed by atoms with Gasteiger partial charge in [0.15, 0.2) is 5.76 Å². The Morgan fingerprint density at radius 3 is 1.95 bits per heavy atom. The average molecular weight is 541 g/mol. The average Bonchev–Trinajstić information content (AvgIpc) is 3.75. The fraction of sp³-hybridized carbons (Fsp3) is 0.371. The molecule has 212 valence electrons. The standard InChI is InChI=1S/C31H32N2O3.2C2H6/c1-21(9-10-23-7-5-4-6-8-23)33(3)28-22(2)32-36-29(28)26-13-11-24(12-14-26)25-15-17-27(18-16-25)31(19-20-31)30(34)35;2*1-2/h4-8,11-18,21H,9-10,19-20H2,1-3H3,(H,34,35);2*1-2H3. The van der Waals surface area contributed by atoms with Gasteiger partial charge in [-0.25, -0.2) is 0 Å². The molecule has 0 saturated heterocycles. The van der Waals surface area contributed by atoms with Gasteiger partial charge in [-0.3, -0.25) is 4.79 Å². The van der Waals surface area contributed by atoms with E-state index in [2.05, 4.69) is 78.6 Å². The van der Waals surface area contributed by atoms with E-state index in [0.717, 1.165) is 52.2 Å². The Kier molecular flexibility index (Phi) is 10.7. The molecule has 1 aromatic heterocycles. The zero-order chi connectivity index (χ0) is 29.3. The predicted molar refractivity (Wildman–Crippen MR) is 166 cm³/mol. The zero-order valence-corrected chi connectivity index (χ0v) is 25.1. The highest BCUT2D eigenvalue weighted by atomic mass is 16.5. The summed E-state index contributed by atoms with van der Waals surface area (Å²) in [6.07, 6.45) is 3.49. The van der Waals surface area contributed by atoms with Crippen molar-refractivity contribution in [3.05, 3.63) is 95.7 Å². The summed E-state index contributed by atoms with van der Waals surface area (Å²) in [5, 5.41) is 13.8. The van der Waals surface area contributed by atoms with Crippen LogP contribution in [0.3, 0.4) is 0 Å². The van der Waals surface area contributed by atoms with Crippen LogP contribution in [-0.2, 0) is 16.6 Å². The second-order valence-corrected chi connectivity index (χ2v) is 9.97. The number of hydrogen-bond acceptors (Lipinski definition) is 4. The highest BCUT2D eigenvalue weighted by Gasteiger charge is 2.51. The lowest BCUT2D eigenvalue weighted by atomic mass is 9.93. The minimum atomic E-state index is -0.725. The summed E-state index contributed by atoms with van der Waals surface area (Å²) in [6.45, 7) is 12.2. The second-order valence-electron chi connectivity index (χ2n) is 9.97. The number of aliphatic carboxylic acids is 1. The lowest BCUT2D eigenvalue weighted by Crippen LogP contribution is -2.29. The maximum atomic E-state index is 11.6. The van der Waals surface area contributed by atoms with Gasteiger partial charge in [0.2, 0.25) is 0 Å². The lowest BCUT2D eigenvalue weighted by Gasteiger charge is -2.27. The molecule has 0 spiro atoms. The van der Waals surface area contributed by atoms with Crippen molar-refractivity contribution in [3.63, 3.8) is 0 Å². The molecule has 1 aliphatic carbocycles. The van der Waals surface area contributed by atoms with Crippen LogP contribution in [0, 0.1) is 6.92 Å². The summed E-state index contributed by atoms with van der Waals surface area (Å²) in [5.74, 6) is 0.0534. The molecule has 4 aromatic rings. The molecule has 1 aliphatic rings. The number of aryl methyl sites for hydroxylation is 2. The van der Waals surface area contributed by atoms with E-state index in [-0.39, 0.29) is 0 Å². The molecule has 40 heavy (non-hydrogen) atoms. The number of nitrogens with zero attached hydrogens (tertiary/aromatic N) is 2. The first-order valence-electron chi connectivity index (χ1n) is 14.6. The van der Waals surface area contributed by atoms with Crippen LogP contribution in [0.2, 0.25) is 0 Å². The van der Waals surface area contributed by atoms with Crippen LogP contribution in [0.15, 0.2) is 83.4 Å². The third kappa shape index (κ3) is 6.64. The van der Waals surface area contributed by atoms with Gasteiger partial charge in [-0.2, -0.15) is 0 Å². The van der Waals surface area contributed by atoms with E-state index < -0.39 is 11.4 Å². The molecule has 5 nitrogen and oxygen atoms in total. The van der Waals surface area contributed by atoms with Crippen molar-refractivity contribution in [3.8, 4) is 22.5 Å². The van der Waals surface area contributed by atoms with Crippen molar-refractivity contribution in [2.75, 3.05) is 11.9 Å². The normalized spacial score (nSPS) is 13.7. The van der Waals surface area contributed by atoms with E-state index in [1.54, 1.807) is 0 Å². The van der Waals surface area contributed by atoms with Gasteiger partial charge in [0.05, 0.1) is 5.41 Å². The van der Waals surface area contributed by atoms with Gasteiger partial charge < -0.3 is 14.5 Å². The lowest BCUT2D eigenvalue weighted by molar-refractivity contribution is -0.140. The third-order valence-electron chi connectivity index (χ3n) is 7.62. The van der Waals surface area contributed by atoms with Crippen molar-refractivity contribution >= 4 is 11.7 Å². The molecule has 1 heterocycles. The van der Waals surface area contributed by atoms with E-state index in [1.807, 2.05) is 58.9 Å². The molecule has 0 bridgehead atoms. The van der Waals surface area contributed by atoms with Crippen LogP contribution < -0.4 is 4.90 Å². The molecule has 0 amide bonds. The monoisotopic (exact) mass is 540 g/mol. The second kappa shape index (κ2) is 14.0. The largest absolute Gasteiger partial charge is 0.481 e. The molecule has 1 unspecified atom stereocenters. The number of benzene rings is 3. The number of carbonyl (C=O) groups is 1. The number of carboxylic acids is 1. The predicted octanol–water partition coefficient (Wildman–Crippen LogP) is 8.94. The summed E-state index contributed by atoms with van der Waals surface area (Å²) in [7, 11) is 2.11. The number of aromatic nitrogens is 1. The summed E-state index contributed by atoms with van der Waals surface area (Å²) in [5.41, 5.74) is 6.59. The molecular formula is C35H44N2O3. The van der Waals surface area contributed by atoms with Crippen molar-refractivity contribution < 1.29 is 14.4 Å². The molecular weight excluding hydrogens is 496 g/mol. The highest BCUT2D eigenvalue weighted by molar-refractivity contribution is 5.85. The smallest absolute Gasteiger partial charge is 0.314 e. The van der Waals surface area contributed by atoms with Crippen LogP contribution in [0.5, 0.6) is 0 Å². The van der Waals surface area contributed by atoms with Crippen LogP contribution in [0.25, 0.3) is 22.5 Å². The van der Waals surface area contributed by atoms with Crippen molar-refractivity contribution in [2.24, 2.45) is 0 Å². The van der Waals surface area contributed by atoms with Crippen molar-refractivity contribution in [1.29, 1.82) is 0 Å². The molecule has 0 radical (unpaired) electrons. The Morgan fingerprint density at radius 1 is 0.900 bits per heavy atom. The number of anilines is 1. The first-order chi connectivity index (χ1) is 19.4.